The summed E-state index contributed by atoms with van der Waals surface area (Å²) in [6, 6.07) is 6.45. The van der Waals surface area contributed by atoms with Crippen molar-refractivity contribution in [3.8, 4) is 0 Å². The molecule has 0 bridgehead atoms. The van der Waals surface area contributed by atoms with Gasteiger partial charge >= 0.3 is 0 Å². The minimum absolute atomic E-state index is 0.517. The van der Waals surface area contributed by atoms with Crippen molar-refractivity contribution in [2.75, 3.05) is 13.1 Å². The molecular weight excluding hydrogens is 314 g/mol. The molecule has 1 heterocycles. The fraction of sp³-hybridized carbons (Fsp3) is 0.400. The van der Waals surface area contributed by atoms with Crippen molar-refractivity contribution in [3.63, 3.8) is 0 Å². The van der Waals surface area contributed by atoms with Crippen LogP contribution in [0.3, 0.4) is 0 Å². The zero-order chi connectivity index (χ0) is 16.9. The van der Waals surface area contributed by atoms with Gasteiger partial charge < -0.3 is 5.73 Å². The van der Waals surface area contributed by atoms with Gasteiger partial charge in [0.2, 0.25) is 0 Å². The number of fused-ring (bicyclic) bond motifs is 1. The quantitative estimate of drug-likeness (QED) is 0.499. The molecule has 0 saturated heterocycles. The summed E-state index contributed by atoms with van der Waals surface area (Å²) in [5.41, 5.74) is 10.8. The second-order valence-corrected chi connectivity index (χ2v) is 6.96. The van der Waals surface area contributed by atoms with Gasteiger partial charge in [-0.25, -0.2) is 4.99 Å². The van der Waals surface area contributed by atoms with E-state index in [0.29, 0.717) is 5.84 Å². The molecule has 1 aromatic carbocycles. The van der Waals surface area contributed by atoms with Crippen molar-refractivity contribution in [2.24, 2.45) is 10.7 Å². The van der Waals surface area contributed by atoms with Gasteiger partial charge in [0.15, 0.2) is 0 Å². The maximum absolute atomic E-state index is 6.19. The van der Waals surface area contributed by atoms with E-state index in [1.807, 2.05) is 18.2 Å². The number of unbranched alkanes of at least 4 members (excludes halogenated alkanes) is 1. The number of allylic oxidation sites excluding steroid dienone is 3. The summed E-state index contributed by atoms with van der Waals surface area (Å²) < 4.78 is 0. The summed E-state index contributed by atoms with van der Waals surface area (Å²) >= 11 is 5.39. The number of nitrogens with zero attached hydrogens (tertiary/aromatic N) is 2. The van der Waals surface area contributed by atoms with E-state index in [4.69, 9.17) is 18.0 Å². The van der Waals surface area contributed by atoms with E-state index in [9.17, 15) is 0 Å². The third-order valence-corrected chi connectivity index (χ3v) is 5.02. The van der Waals surface area contributed by atoms with Gasteiger partial charge in [-0.3, -0.25) is 4.90 Å². The van der Waals surface area contributed by atoms with Crippen LogP contribution in [-0.4, -0.2) is 28.7 Å². The predicted octanol–water partition coefficient (Wildman–Crippen LogP) is 4.09. The molecule has 0 aromatic heterocycles. The molecule has 0 spiro atoms. The molecule has 0 unspecified atom stereocenters. The van der Waals surface area contributed by atoms with Crippen LogP contribution in [0.25, 0.3) is 0 Å². The summed E-state index contributed by atoms with van der Waals surface area (Å²) in [5.74, 6) is 0.517. The van der Waals surface area contributed by atoms with E-state index < -0.39 is 0 Å². The number of benzene rings is 1. The first-order valence-corrected chi connectivity index (χ1v) is 9.17. The van der Waals surface area contributed by atoms with Crippen molar-refractivity contribution in [1.29, 1.82) is 0 Å². The summed E-state index contributed by atoms with van der Waals surface area (Å²) in [6.07, 6.45) is 10.4. The SMILES string of the molecule is CCCCN1CCc2ccc(N=C(N)C3=CC=CCC3=S)cc2C1. The molecule has 2 N–H and O–H groups in total. The van der Waals surface area contributed by atoms with Crippen LogP contribution >= 0.6 is 12.2 Å². The molecule has 0 amide bonds. The molecule has 3 rings (SSSR count). The normalized spacial score (nSPS) is 18.5. The number of thiocarbonyl (C=S) groups is 1. The van der Waals surface area contributed by atoms with Crippen LogP contribution in [0.2, 0.25) is 0 Å². The third-order valence-electron chi connectivity index (χ3n) is 4.64. The number of aliphatic imine (C=N–C) groups is 1. The maximum atomic E-state index is 6.19. The van der Waals surface area contributed by atoms with Crippen LogP contribution in [0.4, 0.5) is 5.69 Å². The lowest BCUT2D eigenvalue weighted by Gasteiger charge is -2.28. The third kappa shape index (κ3) is 4.00. The Bertz CT molecular complexity index is 716. The lowest BCUT2D eigenvalue weighted by molar-refractivity contribution is 0.250. The number of amidine groups is 1. The Balaban J connectivity index is 1.78. The standard InChI is InChI=1S/C20H25N3S/c1-2-3-11-23-12-10-15-8-9-17(13-16(15)14-23)22-20(21)18-6-4-5-7-19(18)24/h4-6,8-9,13H,2-3,7,10-12,14H2,1H3,(H2,21,22). The second-order valence-electron chi connectivity index (χ2n) is 6.47. The van der Waals surface area contributed by atoms with Gasteiger partial charge in [-0.2, -0.15) is 0 Å². The van der Waals surface area contributed by atoms with E-state index >= 15 is 0 Å². The first-order valence-electron chi connectivity index (χ1n) is 8.76. The molecule has 126 valence electrons. The smallest absolute Gasteiger partial charge is 0.132 e. The highest BCUT2D eigenvalue weighted by atomic mass is 32.1. The van der Waals surface area contributed by atoms with E-state index in [0.717, 1.165) is 42.1 Å². The molecule has 24 heavy (non-hydrogen) atoms. The van der Waals surface area contributed by atoms with Crippen molar-refractivity contribution in [3.05, 3.63) is 53.1 Å². The number of nitrogens with two attached hydrogens (primary N) is 1. The molecule has 1 aromatic rings. The Morgan fingerprint density at radius 1 is 1.33 bits per heavy atom. The predicted molar refractivity (Wildman–Crippen MR) is 106 cm³/mol. The number of hydrogen-bond acceptors (Lipinski definition) is 3. The Morgan fingerprint density at radius 2 is 2.21 bits per heavy atom. The van der Waals surface area contributed by atoms with Crippen molar-refractivity contribution in [2.45, 2.75) is 39.2 Å². The zero-order valence-corrected chi connectivity index (χ0v) is 15.1. The Labute approximate surface area is 150 Å². The summed E-state index contributed by atoms with van der Waals surface area (Å²) in [6.45, 7) is 5.60. The number of hydrogen-bond donors (Lipinski definition) is 1. The molecule has 1 aliphatic carbocycles. The molecule has 1 aliphatic heterocycles. The lowest BCUT2D eigenvalue weighted by Crippen LogP contribution is -2.31. The first kappa shape index (κ1) is 17.1. The van der Waals surface area contributed by atoms with Gasteiger partial charge in [-0.15, -0.1) is 0 Å². The summed E-state index contributed by atoms with van der Waals surface area (Å²) in [5, 5.41) is 0. The topological polar surface area (TPSA) is 41.6 Å². The van der Waals surface area contributed by atoms with Crippen molar-refractivity contribution in [1.82, 2.24) is 4.90 Å². The molecule has 0 radical (unpaired) electrons. The fourth-order valence-electron chi connectivity index (χ4n) is 3.21. The largest absolute Gasteiger partial charge is 0.383 e. The highest BCUT2D eigenvalue weighted by molar-refractivity contribution is 7.81. The Morgan fingerprint density at radius 3 is 3.00 bits per heavy atom. The van der Waals surface area contributed by atoms with Gasteiger partial charge in [-0.05, 0) is 42.6 Å². The average molecular weight is 340 g/mol. The maximum Gasteiger partial charge on any atom is 0.132 e. The summed E-state index contributed by atoms with van der Waals surface area (Å²) in [4.78, 5) is 8.01. The minimum atomic E-state index is 0.517. The average Bonchev–Trinajstić information content (AvgIpc) is 2.60. The van der Waals surface area contributed by atoms with Gasteiger partial charge in [0.05, 0.1) is 5.69 Å². The van der Waals surface area contributed by atoms with Crippen LogP contribution in [-0.2, 0) is 13.0 Å². The fourth-order valence-corrected chi connectivity index (χ4v) is 3.48. The first-order chi connectivity index (χ1) is 11.7. The van der Waals surface area contributed by atoms with Crippen LogP contribution in [0, 0.1) is 0 Å². The van der Waals surface area contributed by atoms with Gasteiger partial charge in [0, 0.05) is 29.9 Å². The van der Waals surface area contributed by atoms with Crippen LogP contribution in [0.15, 0.2) is 47.0 Å². The molecule has 0 atom stereocenters. The van der Waals surface area contributed by atoms with E-state index in [-0.39, 0.29) is 0 Å². The monoisotopic (exact) mass is 339 g/mol. The van der Waals surface area contributed by atoms with Crippen LogP contribution in [0.5, 0.6) is 0 Å². The molecular formula is C20H25N3S. The Hall–Kier alpha value is -1.78. The van der Waals surface area contributed by atoms with Crippen molar-refractivity contribution < 1.29 is 0 Å². The lowest BCUT2D eigenvalue weighted by atomic mass is 9.98. The van der Waals surface area contributed by atoms with Crippen LogP contribution in [0.1, 0.15) is 37.3 Å². The Kier molecular flexibility index (Phi) is 5.59. The highest BCUT2D eigenvalue weighted by Crippen LogP contribution is 2.25. The molecule has 0 fully saturated rings. The van der Waals surface area contributed by atoms with Crippen molar-refractivity contribution >= 4 is 28.6 Å². The molecule has 3 nitrogen and oxygen atoms in total. The minimum Gasteiger partial charge on any atom is -0.383 e. The number of rotatable bonds is 5. The van der Waals surface area contributed by atoms with E-state index in [2.05, 4.69) is 35.0 Å². The summed E-state index contributed by atoms with van der Waals surface area (Å²) in [7, 11) is 0. The van der Waals surface area contributed by atoms with E-state index in [1.54, 1.807) is 0 Å². The van der Waals surface area contributed by atoms with Gasteiger partial charge in [0.25, 0.3) is 0 Å². The molecule has 2 aliphatic rings. The van der Waals surface area contributed by atoms with Crippen LogP contribution < -0.4 is 5.73 Å². The second kappa shape index (κ2) is 7.86. The van der Waals surface area contributed by atoms with Gasteiger partial charge in [0.1, 0.15) is 5.84 Å². The molecule has 4 heteroatoms. The van der Waals surface area contributed by atoms with E-state index in [1.165, 1.54) is 30.5 Å². The zero-order valence-electron chi connectivity index (χ0n) is 14.3. The highest BCUT2D eigenvalue weighted by Gasteiger charge is 2.16. The van der Waals surface area contributed by atoms with Gasteiger partial charge in [-0.1, -0.05) is 49.9 Å². The molecule has 0 saturated carbocycles.